The van der Waals surface area contributed by atoms with Crippen LogP contribution in [0, 0.1) is 6.92 Å². The summed E-state index contributed by atoms with van der Waals surface area (Å²) in [4.78, 5) is 31.7. The second-order valence-electron chi connectivity index (χ2n) is 6.47. The Morgan fingerprint density at radius 1 is 1.31 bits per heavy atom. The van der Waals surface area contributed by atoms with Crippen LogP contribution in [0.15, 0.2) is 40.3 Å². The first kappa shape index (κ1) is 20.2. The first-order chi connectivity index (χ1) is 12.5. The lowest BCUT2D eigenvalue weighted by Gasteiger charge is -2.13. The van der Waals surface area contributed by atoms with Crippen molar-refractivity contribution in [3.63, 3.8) is 0 Å². The summed E-state index contributed by atoms with van der Waals surface area (Å²) in [6.07, 6.45) is 2.70. The van der Waals surface area contributed by atoms with Gasteiger partial charge in [0, 0.05) is 29.5 Å². The van der Waals surface area contributed by atoms with E-state index >= 15 is 0 Å². The van der Waals surface area contributed by atoms with Crippen molar-refractivity contribution in [3.8, 4) is 0 Å². The highest BCUT2D eigenvalue weighted by molar-refractivity contribution is 7.98. The largest absolute Gasteiger partial charge is 0.354 e. The van der Waals surface area contributed by atoms with Crippen LogP contribution in [-0.4, -0.2) is 21.9 Å². The third kappa shape index (κ3) is 6.33. The highest BCUT2D eigenvalue weighted by atomic mass is 32.2. The summed E-state index contributed by atoms with van der Waals surface area (Å²) in [5, 5.41) is 3.58. The van der Waals surface area contributed by atoms with Crippen LogP contribution < -0.4 is 10.9 Å². The number of H-pyrrole nitrogens is 1. The van der Waals surface area contributed by atoms with Crippen LogP contribution in [-0.2, 0) is 17.0 Å². The zero-order chi connectivity index (χ0) is 18.9. The number of carbonyl (C=O) groups excluding carboxylic acids is 1. The number of rotatable bonds is 9. The molecule has 2 N–H and O–H groups in total. The number of hydrogen-bond acceptors (Lipinski definition) is 4. The van der Waals surface area contributed by atoms with Crippen molar-refractivity contribution < 1.29 is 4.79 Å². The van der Waals surface area contributed by atoms with Crippen molar-refractivity contribution in [3.05, 3.63) is 57.5 Å². The van der Waals surface area contributed by atoms with Crippen LogP contribution in [0.5, 0.6) is 0 Å². The number of hydrogen-bond donors (Lipinski definition) is 2. The number of thioether (sulfide) groups is 1. The van der Waals surface area contributed by atoms with E-state index in [1.165, 1.54) is 17.3 Å². The minimum absolute atomic E-state index is 0.0210. The van der Waals surface area contributed by atoms with Crippen LogP contribution in [0.4, 0.5) is 0 Å². The fourth-order valence-electron chi connectivity index (χ4n) is 2.76. The molecule has 0 spiro atoms. The lowest BCUT2D eigenvalue weighted by molar-refractivity contribution is -0.121. The first-order valence-corrected chi connectivity index (χ1v) is 10.0. The van der Waals surface area contributed by atoms with Gasteiger partial charge in [-0.2, -0.15) is 0 Å². The van der Waals surface area contributed by atoms with Crippen molar-refractivity contribution in [2.45, 2.75) is 63.4 Å². The lowest BCUT2D eigenvalue weighted by Crippen LogP contribution is -2.33. The molecule has 0 aliphatic heterocycles. The molecule has 0 fully saturated rings. The summed E-state index contributed by atoms with van der Waals surface area (Å²) in [5.74, 6) is 0.729. The molecular weight excluding hydrogens is 346 g/mol. The van der Waals surface area contributed by atoms with E-state index in [2.05, 4.69) is 22.2 Å². The maximum atomic E-state index is 12.4. The molecule has 2 aromatic rings. The molecule has 1 heterocycles. The highest BCUT2D eigenvalue weighted by Gasteiger charge is 2.12. The molecule has 0 unspecified atom stereocenters. The van der Waals surface area contributed by atoms with Crippen LogP contribution >= 0.6 is 11.8 Å². The third-order valence-corrected chi connectivity index (χ3v) is 5.09. The molecule has 2 rings (SSSR count). The summed E-state index contributed by atoms with van der Waals surface area (Å²) in [7, 11) is 0. The Bertz CT molecular complexity index is 774. The first-order valence-electron chi connectivity index (χ1n) is 9.05. The number of aromatic nitrogens is 2. The predicted molar refractivity (Wildman–Crippen MR) is 106 cm³/mol. The molecule has 0 aliphatic carbocycles. The van der Waals surface area contributed by atoms with E-state index in [-0.39, 0.29) is 17.5 Å². The van der Waals surface area contributed by atoms with Gasteiger partial charge in [-0.05, 0) is 32.3 Å². The Kier molecular flexibility index (Phi) is 7.91. The molecule has 0 radical (unpaired) electrons. The lowest BCUT2D eigenvalue weighted by atomic mass is 10.1. The Balaban J connectivity index is 1.94. The monoisotopic (exact) mass is 373 g/mol. The Labute approximate surface area is 159 Å². The quantitative estimate of drug-likeness (QED) is 0.520. The molecule has 0 saturated heterocycles. The number of amides is 1. The SMILES string of the molecule is CCC[C@H](C)NC(=O)CCc1c(C)nc(SCc2ccccc2)[nH]c1=O. The molecule has 26 heavy (non-hydrogen) atoms. The number of nitrogens with zero attached hydrogens (tertiary/aromatic N) is 1. The van der Waals surface area contributed by atoms with Crippen LogP contribution in [0.1, 0.15) is 49.9 Å². The minimum Gasteiger partial charge on any atom is -0.354 e. The van der Waals surface area contributed by atoms with Crippen LogP contribution in [0.25, 0.3) is 0 Å². The van der Waals surface area contributed by atoms with E-state index in [4.69, 9.17) is 0 Å². The third-order valence-electron chi connectivity index (χ3n) is 4.15. The molecule has 0 saturated carbocycles. The fraction of sp³-hybridized carbons (Fsp3) is 0.450. The standard InChI is InChI=1S/C20H27N3O2S/c1-4-8-14(2)21-18(24)12-11-17-15(3)22-20(23-19(17)25)26-13-16-9-6-5-7-10-16/h5-7,9-10,14H,4,8,11-13H2,1-3H3,(H,21,24)(H,22,23,25)/t14-/m0/s1. The molecule has 1 aromatic carbocycles. The zero-order valence-corrected chi connectivity index (χ0v) is 16.5. The highest BCUT2D eigenvalue weighted by Crippen LogP contribution is 2.19. The smallest absolute Gasteiger partial charge is 0.254 e. The van der Waals surface area contributed by atoms with E-state index < -0.39 is 0 Å². The molecule has 0 aliphatic rings. The van der Waals surface area contributed by atoms with Gasteiger partial charge in [-0.25, -0.2) is 4.98 Å². The van der Waals surface area contributed by atoms with Crippen molar-refractivity contribution in [1.29, 1.82) is 0 Å². The number of benzene rings is 1. The molecule has 5 nitrogen and oxygen atoms in total. The number of aryl methyl sites for hydroxylation is 1. The van der Waals surface area contributed by atoms with Gasteiger partial charge in [0.15, 0.2) is 5.16 Å². The van der Waals surface area contributed by atoms with Crippen molar-refractivity contribution in [2.75, 3.05) is 0 Å². The van der Waals surface area contributed by atoms with Gasteiger partial charge in [0.25, 0.3) is 5.56 Å². The van der Waals surface area contributed by atoms with Gasteiger partial charge in [0.1, 0.15) is 0 Å². The molecular formula is C20H27N3O2S. The van der Waals surface area contributed by atoms with Crippen LogP contribution in [0.3, 0.4) is 0 Å². The molecule has 6 heteroatoms. The van der Waals surface area contributed by atoms with Crippen molar-refractivity contribution >= 4 is 17.7 Å². The number of carbonyl (C=O) groups is 1. The second-order valence-corrected chi connectivity index (χ2v) is 7.43. The molecule has 1 atom stereocenters. The average Bonchev–Trinajstić information content (AvgIpc) is 2.60. The van der Waals surface area contributed by atoms with Crippen molar-refractivity contribution in [2.24, 2.45) is 0 Å². The van der Waals surface area contributed by atoms with E-state index in [0.717, 1.165) is 18.6 Å². The molecule has 1 aromatic heterocycles. The summed E-state index contributed by atoms with van der Waals surface area (Å²) >= 11 is 1.50. The second kappa shape index (κ2) is 10.2. The maximum Gasteiger partial charge on any atom is 0.254 e. The summed E-state index contributed by atoms with van der Waals surface area (Å²) in [5.41, 5.74) is 2.31. The fourth-order valence-corrected chi connectivity index (χ4v) is 3.63. The Hall–Kier alpha value is -2.08. The topological polar surface area (TPSA) is 74.8 Å². The summed E-state index contributed by atoms with van der Waals surface area (Å²) in [6, 6.07) is 10.2. The van der Waals surface area contributed by atoms with E-state index in [9.17, 15) is 9.59 Å². The van der Waals surface area contributed by atoms with Crippen molar-refractivity contribution in [1.82, 2.24) is 15.3 Å². The normalized spacial score (nSPS) is 12.0. The van der Waals surface area contributed by atoms with Gasteiger partial charge in [-0.3, -0.25) is 9.59 Å². The van der Waals surface area contributed by atoms with Gasteiger partial charge >= 0.3 is 0 Å². The Morgan fingerprint density at radius 3 is 2.69 bits per heavy atom. The van der Waals surface area contributed by atoms with Crippen LogP contribution in [0.2, 0.25) is 0 Å². The Morgan fingerprint density at radius 2 is 2.04 bits per heavy atom. The average molecular weight is 374 g/mol. The van der Waals surface area contributed by atoms with E-state index in [1.807, 2.05) is 44.2 Å². The van der Waals surface area contributed by atoms with Gasteiger partial charge < -0.3 is 10.3 Å². The van der Waals surface area contributed by atoms with Gasteiger partial charge in [-0.1, -0.05) is 55.4 Å². The summed E-state index contributed by atoms with van der Waals surface area (Å²) < 4.78 is 0. The minimum atomic E-state index is -0.150. The zero-order valence-electron chi connectivity index (χ0n) is 15.7. The van der Waals surface area contributed by atoms with E-state index in [0.29, 0.717) is 29.3 Å². The predicted octanol–water partition coefficient (Wildman–Crippen LogP) is 3.61. The molecule has 140 valence electrons. The summed E-state index contributed by atoms with van der Waals surface area (Å²) in [6.45, 7) is 5.92. The molecule has 0 bridgehead atoms. The number of aromatic amines is 1. The van der Waals surface area contributed by atoms with Gasteiger partial charge in [0.05, 0.1) is 0 Å². The number of nitrogens with one attached hydrogen (secondary N) is 2. The van der Waals surface area contributed by atoms with Gasteiger partial charge in [0.2, 0.25) is 5.91 Å². The van der Waals surface area contributed by atoms with Gasteiger partial charge in [-0.15, -0.1) is 0 Å². The van der Waals surface area contributed by atoms with E-state index in [1.54, 1.807) is 0 Å². The molecule has 1 amide bonds. The maximum absolute atomic E-state index is 12.4.